The third kappa shape index (κ3) is 3.35. The minimum Gasteiger partial charge on any atom is -0.336 e. The van der Waals surface area contributed by atoms with Gasteiger partial charge in [0.05, 0.1) is 23.3 Å². The largest absolute Gasteiger partial charge is 0.336 e. The van der Waals surface area contributed by atoms with Gasteiger partial charge >= 0.3 is 0 Å². The average Bonchev–Trinajstić information content (AvgIpc) is 2.74. The van der Waals surface area contributed by atoms with Crippen LogP contribution in [0.15, 0.2) is 28.2 Å². The van der Waals surface area contributed by atoms with Crippen molar-refractivity contribution in [1.29, 1.82) is 0 Å². The van der Waals surface area contributed by atoms with Gasteiger partial charge in [0.25, 0.3) is 5.91 Å². The van der Waals surface area contributed by atoms with E-state index in [-0.39, 0.29) is 5.91 Å². The third-order valence-corrected chi connectivity index (χ3v) is 4.54. The molecular formula is C13H12BrClN2OS. The second kappa shape index (κ2) is 6.03. The van der Waals surface area contributed by atoms with Crippen LogP contribution in [-0.2, 0) is 6.54 Å². The van der Waals surface area contributed by atoms with E-state index < -0.39 is 0 Å². The zero-order chi connectivity index (χ0) is 14.0. The molecule has 0 unspecified atom stereocenters. The summed E-state index contributed by atoms with van der Waals surface area (Å²) >= 11 is 10.8. The molecule has 0 N–H and O–H groups in total. The van der Waals surface area contributed by atoms with Crippen molar-refractivity contribution >= 4 is 44.8 Å². The van der Waals surface area contributed by atoms with Gasteiger partial charge < -0.3 is 4.90 Å². The Labute approximate surface area is 129 Å². The fourth-order valence-electron chi connectivity index (χ4n) is 1.63. The molecule has 100 valence electrons. The highest BCUT2D eigenvalue weighted by Crippen LogP contribution is 2.23. The minimum absolute atomic E-state index is 0.0451. The van der Waals surface area contributed by atoms with Gasteiger partial charge in [0.2, 0.25) is 0 Å². The lowest BCUT2D eigenvalue weighted by molar-refractivity contribution is 0.0785. The summed E-state index contributed by atoms with van der Waals surface area (Å²) in [7, 11) is 1.78. The molecular weight excluding hydrogens is 348 g/mol. The molecule has 0 spiro atoms. The van der Waals surface area contributed by atoms with E-state index in [1.807, 2.05) is 6.92 Å². The van der Waals surface area contributed by atoms with Gasteiger partial charge in [0.1, 0.15) is 0 Å². The number of aromatic nitrogens is 1. The number of thiazole rings is 1. The molecule has 2 aromatic rings. The van der Waals surface area contributed by atoms with E-state index in [9.17, 15) is 4.79 Å². The Hall–Kier alpha value is -0.910. The lowest BCUT2D eigenvalue weighted by atomic mass is 10.2. The van der Waals surface area contributed by atoms with E-state index in [0.717, 1.165) is 10.6 Å². The van der Waals surface area contributed by atoms with Crippen LogP contribution in [0.4, 0.5) is 0 Å². The molecule has 0 aliphatic heterocycles. The second-order valence-corrected chi connectivity index (χ2v) is 6.38. The van der Waals surface area contributed by atoms with Crippen LogP contribution >= 0.6 is 38.9 Å². The van der Waals surface area contributed by atoms with Crippen molar-refractivity contribution in [2.24, 2.45) is 0 Å². The van der Waals surface area contributed by atoms with Gasteiger partial charge in [-0.15, -0.1) is 11.3 Å². The predicted octanol–water partition coefficient (Wildman–Crippen LogP) is 4.14. The fourth-order valence-corrected chi connectivity index (χ4v) is 3.32. The van der Waals surface area contributed by atoms with Crippen LogP contribution in [0.1, 0.15) is 20.9 Å². The van der Waals surface area contributed by atoms with Crippen molar-refractivity contribution in [1.82, 2.24) is 9.88 Å². The first-order chi connectivity index (χ1) is 8.99. The topological polar surface area (TPSA) is 33.2 Å². The highest BCUT2D eigenvalue weighted by molar-refractivity contribution is 9.10. The molecule has 0 bridgehead atoms. The standard InChI is InChI=1S/C13H12BrClN2OS/c1-8-12(19-7-16-8)6-17(2)13(18)10-4-3-9(15)5-11(10)14/h3-5,7H,6H2,1-2H3. The lowest BCUT2D eigenvalue weighted by Crippen LogP contribution is -2.26. The van der Waals surface area contributed by atoms with E-state index in [4.69, 9.17) is 11.6 Å². The highest BCUT2D eigenvalue weighted by atomic mass is 79.9. The van der Waals surface area contributed by atoms with Gasteiger partial charge in [0, 0.05) is 21.4 Å². The van der Waals surface area contributed by atoms with Crippen LogP contribution in [0, 0.1) is 6.92 Å². The number of rotatable bonds is 3. The quantitative estimate of drug-likeness (QED) is 0.825. The van der Waals surface area contributed by atoms with Crippen molar-refractivity contribution in [2.45, 2.75) is 13.5 Å². The molecule has 0 radical (unpaired) electrons. The molecule has 0 aliphatic carbocycles. The molecule has 0 aliphatic rings. The Bertz CT molecular complexity index is 614. The van der Waals surface area contributed by atoms with Gasteiger partial charge in [-0.25, -0.2) is 4.98 Å². The Morgan fingerprint density at radius 1 is 1.53 bits per heavy atom. The van der Waals surface area contributed by atoms with E-state index >= 15 is 0 Å². The SMILES string of the molecule is Cc1ncsc1CN(C)C(=O)c1ccc(Cl)cc1Br. The Morgan fingerprint density at radius 3 is 2.84 bits per heavy atom. The first kappa shape index (κ1) is 14.5. The molecule has 1 heterocycles. The third-order valence-electron chi connectivity index (χ3n) is 2.73. The van der Waals surface area contributed by atoms with Crippen LogP contribution in [0.5, 0.6) is 0 Å². The van der Waals surface area contributed by atoms with Gasteiger partial charge in [-0.05, 0) is 41.1 Å². The summed E-state index contributed by atoms with van der Waals surface area (Å²) in [5.41, 5.74) is 3.37. The van der Waals surface area contributed by atoms with Gasteiger partial charge in [-0.1, -0.05) is 11.6 Å². The van der Waals surface area contributed by atoms with Crippen molar-refractivity contribution in [3.8, 4) is 0 Å². The zero-order valence-corrected chi connectivity index (χ0v) is 13.6. The molecule has 0 saturated carbocycles. The normalized spacial score (nSPS) is 10.5. The lowest BCUT2D eigenvalue weighted by Gasteiger charge is -2.17. The number of nitrogens with zero attached hydrogens (tertiary/aromatic N) is 2. The summed E-state index contributed by atoms with van der Waals surface area (Å²) in [4.78, 5) is 19.3. The summed E-state index contributed by atoms with van der Waals surface area (Å²) in [6, 6.07) is 5.16. The molecule has 0 saturated heterocycles. The molecule has 19 heavy (non-hydrogen) atoms. The molecule has 0 atom stereocenters. The molecule has 2 rings (SSSR count). The molecule has 3 nitrogen and oxygen atoms in total. The first-order valence-corrected chi connectivity index (χ1v) is 7.63. The highest BCUT2D eigenvalue weighted by Gasteiger charge is 2.16. The predicted molar refractivity (Wildman–Crippen MR) is 81.8 cm³/mol. The zero-order valence-electron chi connectivity index (χ0n) is 10.5. The fraction of sp³-hybridized carbons (Fsp3) is 0.231. The van der Waals surface area contributed by atoms with Crippen LogP contribution in [-0.4, -0.2) is 22.8 Å². The molecule has 1 amide bonds. The van der Waals surface area contributed by atoms with Crippen molar-refractivity contribution in [3.05, 3.63) is 49.3 Å². The van der Waals surface area contributed by atoms with Gasteiger partial charge in [-0.3, -0.25) is 4.79 Å². The van der Waals surface area contributed by atoms with Gasteiger partial charge in [0.15, 0.2) is 0 Å². The smallest absolute Gasteiger partial charge is 0.255 e. The van der Waals surface area contributed by atoms with Crippen LogP contribution in [0.2, 0.25) is 5.02 Å². The average molecular weight is 360 g/mol. The summed E-state index contributed by atoms with van der Waals surface area (Å²) in [5, 5.41) is 0.601. The molecule has 6 heteroatoms. The van der Waals surface area contributed by atoms with Crippen LogP contribution in [0.25, 0.3) is 0 Å². The summed E-state index contributed by atoms with van der Waals surface area (Å²) in [6.45, 7) is 2.51. The maximum atomic E-state index is 12.4. The maximum absolute atomic E-state index is 12.4. The first-order valence-electron chi connectivity index (χ1n) is 5.58. The van der Waals surface area contributed by atoms with Crippen LogP contribution in [0.3, 0.4) is 0 Å². The number of carbonyl (C=O) groups excluding carboxylic acids is 1. The number of hydrogen-bond acceptors (Lipinski definition) is 3. The Morgan fingerprint density at radius 2 is 2.26 bits per heavy atom. The number of amides is 1. The molecule has 1 aromatic carbocycles. The summed E-state index contributed by atoms with van der Waals surface area (Å²) in [6.07, 6.45) is 0. The maximum Gasteiger partial charge on any atom is 0.255 e. The number of carbonyl (C=O) groups is 1. The number of aryl methyl sites for hydroxylation is 1. The summed E-state index contributed by atoms with van der Waals surface area (Å²) in [5.74, 6) is -0.0451. The molecule has 1 aromatic heterocycles. The Kier molecular flexibility index (Phi) is 4.60. The van der Waals surface area contributed by atoms with Crippen molar-refractivity contribution < 1.29 is 4.79 Å². The van der Waals surface area contributed by atoms with Crippen molar-refractivity contribution in [2.75, 3.05) is 7.05 Å². The van der Waals surface area contributed by atoms with Crippen molar-refractivity contribution in [3.63, 3.8) is 0 Å². The van der Waals surface area contributed by atoms with Gasteiger partial charge in [-0.2, -0.15) is 0 Å². The second-order valence-electron chi connectivity index (χ2n) is 4.15. The minimum atomic E-state index is -0.0451. The van der Waals surface area contributed by atoms with E-state index in [2.05, 4.69) is 20.9 Å². The van der Waals surface area contributed by atoms with Crippen LogP contribution < -0.4 is 0 Å². The van der Waals surface area contributed by atoms with E-state index in [1.165, 1.54) is 0 Å². The van der Waals surface area contributed by atoms with E-state index in [1.54, 1.807) is 47.0 Å². The number of halogens is 2. The summed E-state index contributed by atoms with van der Waals surface area (Å²) < 4.78 is 0.706. The monoisotopic (exact) mass is 358 g/mol. The Balaban J connectivity index is 2.17. The molecule has 0 fully saturated rings. The number of hydrogen-bond donors (Lipinski definition) is 0. The number of benzene rings is 1. The van der Waals surface area contributed by atoms with E-state index in [0.29, 0.717) is 21.6 Å².